The molecule has 118 valence electrons. The zero-order valence-corrected chi connectivity index (χ0v) is 14.3. The molecule has 0 aromatic carbocycles. The third kappa shape index (κ3) is 4.46. The van der Waals surface area contributed by atoms with Crippen LogP contribution >= 0.6 is 0 Å². The third-order valence-corrected chi connectivity index (χ3v) is 5.83. The lowest BCUT2D eigenvalue weighted by Crippen LogP contribution is -2.46. The summed E-state index contributed by atoms with van der Waals surface area (Å²) in [6.07, 6.45) is 11.3. The van der Waals surface area contributed by atoms with Crippen LogP contribution in [0.1, 0.15) is 72.1 Å². The minimum atomic E-state index is 0.592. The second-order valence-corrected chi connectivity index (χ2v) is 8.04. The molecule has 0 amide bonds. The normalized spacial score (nSPS) is 31.6. The van der Waals surface area contributed by atoms with E-state index in [9.17, 15) is 0 Å². The monoisotopic (exact) mass is 280 g/mol. The highest BCUT2D eigenvalue weighted by molar-refractivity contribution is 4.87. The van der Waals surface area contributed by atoms with Crippen molar-refractivity contribution in [2.75, 3.05) is 20.1 Å². The van der Waals surface area contributed by atoms with Crippen LogP contribution in [0.5, 0.6) is 0 Å². The molecule has 0 bridgehead atoms. The summed E-state index contributed by atoms with van der Waals surface area (Å²) in [5.41, 5.74) is 0.592. The first kappa shape index (κ1) is 16.3. The number of rotatable bonds is 5. The maximum Gasteiger partial charge on any atom is 0.0107 e. The van der Waals surface area contributed by atoms with Crippen LogP contribution in [0.25, 0.3) is 0 Å². The SMILES string of the molecule is CCNC1CCCCC1CN(C)C1CCC(C)(C)CC1. The zero-order chi connectivity index (χ0) is 14.6. The number of nitrogens with zero attached hydrogens (tertiary/aromatic N) is 1. The van der Waals surface area contributed by atoms with Gasteiger partial charge in [-0.25, -0.2) is 0 Å². The summed E-state index contributed by atoms with van der Waals surface area (Å²) in [5, 5.41) is 3.73. The summed E-state index contributed by atoms with van der Waals surface area (Å²) < 4.78 is 0. The van der Waals surface area contributed by atoms with Gasteiger partial charge in [0.15, 0.2) is 0 Å². The summed E-state index contributed by atoms with van der Waals surface area (Å²) in [7, 11) is 2.38. The van der Waals surface area contributed by atoms with E-state index in [4.69, 9.17) is 0 Å². The second-order valence-electron chi connectivity index (χ2n) is 8.04. The highest BCUT2D eigenvalue weighted by Crippen LogP contribution is 2.37. The molecule has 2 heteroatoms. The van der Waals surface area contributed by atoms with Gasteiger partial charge < -0.3 is 10.2 Å². The molecule has 0 aromatic rings. The summed E-state index contributed by atoms with van der Waals surface area (Å²) in [5.74, 6) is 0.878. The van der Waals surface area contributed by atoms with Crippen molar-refractivity contribution in [3.05, 3.63) is 0 Å². The van der Waals surface area contributed by atoms with Gasteiger partial charge in [0, 0.05) is 18.6 Å². The van der Waals surface area contributed by atoms with Crippen LogP contribution in [0.2, 0.25) is 0 Å². The van der Waals surface area contributed by atoms with E-state index in [1.807, 2.05) is 0 Å². The quantitative estimate of drug-likeness (QED) is 0.817. The van der Waals surface area contributed by atoms with Crippen molar-refractivity contribution in [1.82, 2.24) is 10.2 Å². The summed E-state index contributed by atoms with van der Waals surface area (Å²) in [6, 6.07) is 1.61. The van der Waals surface area contributed by atoms with Gasteiger partial charge in [-0.1, -0.05) is 33.6 Å². The first-order chi connectivity index (χ1) is 9.52. The van der Waals surface area contributed by atoms with Crippen LogP contribution in [-0.2, 0) is 0 Å². The van der Waals surface area contributed by atoms with Crippen molar-refractivity contribution in [2.24, 2.45) is 11.3 Å². The summed E-state index contributed by atoms with van der Waals surface area (Å²) >= 11 is 0. The standard InChI is InChI=1S/C18H36N2/c1-5-19-17-9-7-6-8-15(17)14-20(4)16-10-12-18(2,3)13-11-16/h15-17,19H,5-14H2,1-4H3. The van der Waals surface area contributed by atoms with E-state index < -0.39 is 0 Å². The van der Waals surface area contributed by atoms with Crippen molar-refractivity contribution in [1.29, 1.82) is 0 Å². The van der Waals surface area contributed by atoms with Crippen LogP contribution in [-0.4, -0.2) is 37.1 Å². The molecule has 2 atom stereocenters. The molecule has 2 rings (SSSR count). The minimum Gasteiger partial charge on any atom is -0.314 e. The second kappa shape index (κ2) is 7.26. The van der Waals surface area contributed by atoms with Gasteiger partial charge in [0.25, 0.3) is 0 Å². The first-order valence-electron chi connectivity index (χ1n) is 8.95. The van der Waals surface area contributed by atoms with E-state index in [0.29, 0.717) is 5.41 Å². The lowest BCUT2D eigenvalue weighted by Gasteiger charge is -2.41. The molecule has 2 fully saturated rings. The fourth-order valence-corrected chi connectivity index (χ4v) is 4.30. The Morgan fingerprint density at radius 1 is 1.05 bits per heavy atom. The van der Waals surface area contributed by atoms with Gasteiger partial charge in [0.1, 0.15) is 0 Å². The molecule has 1 N–H and O–H groups in total. The van der Waals surface area contributed by atoms with E-state index in [2.05, 4.69) is 38.0 Å². The van der Waals surface area contributed by atoms with Crippen LogP contribution < -0.4 is 5.32 Å². The van der Waals surface area contributed by atoms with E-state index in [0.717, 1.165) is 24.5 Å². The van der Waals surface area contributed by atoms with Gasteiger partial charge in [-0.05, 0) is 63.5 Å². The fraction of sp³-hybridized carbons (Fsp3) is 1.00. The topological polar surface area (TPSA) is 15.3 Å². The fourth-order valence-electron chi connectivity index (χ4n) is 4.30. The average molecular weight is 281 g/mol. The van der Waals surface area contributed by atoms with E-state index >= 15 is 0 Å². The van der Waals surface area contributed by atoms with Crippen molar-refractivity contribution in [3.8, 4) is 0 Å². The molecule has 2 aliphatic rings. The van der Waals surface area contributed by atoms with Crippen LogP contribution in [0.4, 0.5) is 0 Å². The Morgan fingerprint density at radius 2 is 1.70 bits per heavy atom. The van der Waals surface area contributed by atoms with Gasteiger partial charge in [0.05, 0.1) is 0 Å². The summed E-state index contributed by atoms with van der Waals surface area (Å²) in [6.45, 7) is 9.56. The largest absolute Gasteiger partial charge is 0.314 e. The van der Waals surface area contributed by atoms with Crippen molar-refractivity contribution < 1.29 is 0 Å². The molecular formula is C18H36N2. The lowest BCUT2D eigenvalue weighted by molar-refractivity contribution is 0.0979. The number of hydrogen-bond acceptors (Lipinski definition) is 2. The Hall–Kier alpha value is -0.0800. The molecule has 0 heterocycles. The first-order valence-corrected chi connectivity index (χ1v) is 8.95. The van der Waals surface area contributed by atoms with Crippen molar-refractivity contribution in [3.63, 3.8) is 0 Å². The molecule has 2 nitrogen and oxygen atoms in total. The Kier molecular flexibility index (Phi) is 5.92. The predicted octanol–water partition coefficient (Wildman–Crippen LogP) is 4.06. The van der Waals surface area contributed by atoms with E-state index in [1.165, 1.54) is 57.9 Å². The van der Waals surface area contributed by atoms with Gasteiger partial charge in [-0.2, -0.15) is 0 Å². The molecule has 0 spiro atoms. The number of hydrogen-bond donors (Lipinski definition) is 1. The Balaban J connectivity index is 1.82. The molecule has 0 radical (unpaired) electrons. The maximum atomic E-state index is 3.73. The Labute approximate surface area is 126 Å². The molecule has 20 heavy (non-hydrogen) atoms. The molecule has 2 saturated carbocycles. The van der Waals surface area contributed by atoms with Gasteiger partial charge in [0.2, 0.25) is 0 Å². The highest BCUT2D eigenvalue weighted by atomic mass is 15.1. The minimum absolute atomic E-state index is 0.592. The van der Waals surface area contributed by atoms with Crippen molar-refractivity contribution in [2.45, 2.75) is 84.2 Å². The predicted molar refractivity (Wildman–Crippen MR) is 88.1 cm³/mol. The highest BCUT2D eigenvalue weighted by Gasteiger charge is 2.31. The summed E-state index contributed by atoms with van der Waals surface area (Å²) in [4.78, 5) is 2.69. The maximum absolute atomic E-state index is 3.73. The van der Waals surface area contributed by atoms with E-state index in [-0.39, 0.29) is 0 Å². The lowest BCUT2D eigenvalue weighted by atomic mass is 9.75. The Morgan fingerprint density at radius 3 is 2.35 bits per heavy atom. The smallest absolute Gasteiger partial charge is 0.0107 e. The molecule has 0 aliphatic heterocycles. The van der Waals surface area contributed by atoms with Crippen LogP contribution in [0.15, 0.2) is 0 Å². The molecule has 0 saturated heterocycles. The van der Waals surface area contributed by atoms with Gasteiger partial charge in [-0.15, -0.1) is 0 Å². The average Bonchev–Trinajstić information content (AvgIpc) is 2.41. The molecule has 0 aromatic heterocycles. The van der Waals surface area contributed by atoms with Gasteiger partial charge >= 0.3 is 0 Å². The Bertz CT molecular complexity index is 275. The third-order valence-electron chi connectivity index (χ3n) is 5.83. The molecule has 2 unspecified atom stereocenters. The number of nitrogens with one attached hydrogen (secondary N) is 1. The van der Waals surface area contributed by atoms with Crippen LogP contribution in [0.3, 0.4) is 0 Å². The van der Waals surface area contributed by atoms with Crippen molar-refractivity contribution >= 4 is 0 Å². The van der Waals surface area contributed by atoms with E-state index in [1.54, 1.807) is 0 Å². The van der Waals surface area contributed by atoms with Crippen LogP contribution in [0, 0.1) is 11.3 Å². The van der Waals surface area contributed by atoms with Gasteiger partial charge in [-0.3, -0.25) is 0 Å². The molecule has 2 aliphatic carbocycles. The zero-order valence-electron chi connectivity index (χ0n) is 14.3. The molecular weight excluding hydrogens is 244 g/mol.